The van der Waals surface area contributed by atoms with Crippen molar-refractivity contribution in [2.75, 3.05) is 32.4 Å². The van der Waals surface area contributed by atoms with Gasteiger partial charge in [0.25, 0.3) is 5.91 Å². The molecule has 1 N–H and O–H groups in total. The number of nitrogens with zero attached hydrogens (tertiary/aromatic N) is 3. The summed E-state index contributed by atoms with van der Waals surface area (Å²) in [6, 6.07) is 5.80. The van der Waals surface area contributed by atoms with Gasteiger partial charge in [0, 0.05) is 32.4 Å². The lowest BCUT2D eigenvalue weighted by molar-refractivity contribution is -0.0679. The third kappa shape index (κ3) is 4.34. The molecule has 2 atom stereocenters. The van der Waals surface area contributed by atoms with Gasteiger partial charge in [-0.05, 0) is 38.7 Å². The van der Waals surface area contributed by atoms with E-state index < -0.39 is 0 Å². The van der Waals surface area contributed by atoms with Crippen LogP contribution in [0, 0.1) is 0 Å². The molecule has 0 radical (unpaired) electrons. The number of fused-ring (bicyclic) bond motifs is 1. The Balaban J connectivity index is 1.53. The molecule has 1 amide bonds. The summed E-state index contributed by atoms with van der Waals surface area (Å²) in [4.78, 5) is 19.4. The minimum absolute atomic E-state index is 0.104. The van der Waals surface area contributed by atoms with Gasteiger partial charge in [-0.1, -0.05) is 17.8 Å². The van der Waals surface area contributed by atoms with Gasteiger partial charge in [0.1, 0.15) is 0 Å². The Morgan fingerprint density at radius 1 is 1.36 bits per heavy atom. The van der Waals surface area contributed by atoms with E-state index in [1.165, 1.54) is 11.8 Å². The zero-order valence-electron chi connectivity index (χ0n) is 15.1. The van der Waals surface area contributed by atoms with E-state index in [2.05, 4.69) is 29.0 Å². The van der Waals surface area contributed by atoms with Gasteiger partial charge in [-0.3, -0.25) is 14.1 Å². The van der Waals surface area contributed by atoms with Crippen molar-refractivity contribution in [3.63, 3.8) is 0 Å². The predicted octanol–water partition coefficient (Wildman–Crippen LogP) is 2.29. The summed E-state index contributed by atoms with van der Waals surface area (Å²) in [5.74, 6) is -0.104. The molecule has 0 aromatic carbocycles. The number of carbonyl (C=O) groups is 1. The first-order chi connectivity index (χ1) is 12.1. The Bertz CT molecular complexity index is 723. The molecule has 7 heteroatoms. The number of hydrogen-bond acceptors (Lipinski definition) is 5. The number of morpholine rings is 1. The number of rotatable bonds is 6. The Morgan fingerprint density at radius 2 is 2.12 bits per heavy atom. The second kappa shape index (κ2) is 8.21. The van der Waals surface area contributed by atoms with E-state index in [-0.39, 0.29) is 18.1 Å². The van der Waals surface area contributed by atoms with E-state index in [0.717, 1.165) is 36.7 Å². The third-order valence-corrected chi connectivity index (χ3v) is 5.00. The van der Waals surface area contributed by atoms with Crippen LogP contribution in [0.4, 0.5) is 0 Å². The Morgan fingerprint density at radius 3 is 2.84 bits per heavy atom. The molecule has 0 spiro atoms. The van der Waals surface area contributed by atoms with Gasteiger partial charge in [-0.25, -0.2) is 4.98 Å². The fraction of sp³-hybridized carbons (Fsp3) is 0.556. The van der Waals surface area contributed by atoms with Crippen molar-refractivity contribution >= 4 is 23.2 Å². The van der Waals surface area contributed by atoms with Gasteiger partial charge in [-0.15, -0.1) is 0 Å². The molecule has 136 valence electrons. The summed E-state index contributed by atoms with van der Waals surface area (Å²) in [6.07, 6.45) is 5.38. The van der Waals surface area contributed by atoms with Crippen molar-refractivity contribution in [3.05, 3.63) is 30.1 Å². The van der Waals surface area contributed by atoms with Crippen LogP contribution >= 0.6 is 11.8 Å². The lowest BCUT2D eigenvalue weighted by atomic mass is 10.2. The zero-order valence-corrected chi connectivity index (χ0v) is 15.9. The van der Waals surface area contributed by atoms with E-state index in [4.69, 9.17) is 4.74 Å². The SMILES string of the molecule is CSc1nc(C(=O)NCCCN2CC(C)OC(C)C2)c2ccccn12. The summed E-state index contributed by atoms with van der Waals surface area (Å²) >= 11 is 1.54. The summed E-state index contributed by atoms with van der Waals surface area (Å²) in [5, 5.41) is 3.84. The average molecular weight is 362 g/mol. The van der Waals surface area contributed by atoms with E-state index >= 15 is 0 Å². The van der Waals surface area contributed by atoms with E-state index in [9.17, 15) is 4.79 Å². The average Bonchev–Trinajstić information content (AvgIpc) is 2.97. The van der Waals surface area contributed by atoms with Gasteiger partial charge < -0.3 is 10.1 Å². The quantitative estimate of drug-likeness (QED) is 0.631. The van der Waals surface area contributed by atoms with Crippen molar-refractivity contribution in [2.45, 2.75) is 37.6 Å². The molecule has 1 aliphatic heterocycles. The number of aromatic nitrogens is 2. The van der Waals surface area contributed by atoms with Crippen LogP contribution in [0.5, 0.6) is 0 Å². The summed E-state index contributed by atoms with van der Waals surface area (Å²) in [7, 11) is 0. The van der Waals surface area contributed by atoms with Crippen LogP contribution in [0.25, 0.3) is 5.52 Å². The highest BCUT2D eigenvalue weighted by Gasteiger charge is 2.21. The lowest BCUT2D eigenvalue weighted by Crippen LogP contribution is -2.46. The normalized spacial score (nSPS) is 21.6. The van der Waals surface area contributed by atoms with Crippen LogP contribution in [-0.2, 0) is 4.74 Å². The Kier molecular flexibility index (Phi) is 5.98. The number of hydrogen-bond donors (Lipinski definition) is 1. The van der Waals surface area contributed by atoms with Crippen molar-refractivity contribution in [1.29, 1.82) is 0 Å². The standard InChI is InChI=1S/C18H26N4O2S/c1-13-11-21(12-14(2)24-13)9-6-8-19-17(23)16-15-7-4-5-10-22(15)18(20-16)25-3/h4-5,7,10,13-14H,6,8-9,11-12H2,1-3H3,(H,19,23). The highest BCUT2D eigenvalue weighted by atomic mass is 32.2. The predicted molar refractivity (Wildman–Crippen MR) is 100 cm³/mol. The highest BCUT2D eigenvalue weighted by Crippen LogP contribution is 2.19. The maximum Gasteiger partial charge on any atom is 0.272 e. The van der Waals surface area contributed by atoms with Crippen LogP contribution in [-0.4, -0.2) is 64.8 Å². The summed E-state index contributed by atoms with van der Waals surface area (Å²) in [6.45, 7) is 7.76. The first kappa shape index (κ1) is 18.2. The zero-order chi connectivity index (χ0) is 17.8. The van der Waals surface area contributed by atoms with Gasteiger partial charge >= 0.3 is 0 Å². The van der Waals surface area contributed by atoms with Crippen molar-refractivity contribution in [3.8, 4) is 0 Å². The minimum atomic E-state index is -0.104. The fourth-order valence-corrected chi connectivity index (χ4v) is 3.91. The number of ether oxygens (including phenoxy) is 1. The summed E-state index contributed by atoms with van der Waals surface area (Å²) < 4.78 is 7.70. The van der Waals surface area contributed by atoms with Crippen LogP contribution in [0.2, 0.25) is 0 Å². The van der Waals surface area contributed by atoms with Gasteiger partial charge in [0.2, 0.25) is 0 Å². The van der Waals surface area contributed by atoms with E-state index in [1.54, 1.807) is 0 Å². The summed E-state index contributed by atoms with van der Waals surface area (Å²) in [5.41, 5.74) is 1.35. The smallest absolute Gasteiger partial charge is 0.272 e. The molecule has 1 fully saturated rings. The monoisotopic (exact) mass is 362 g/mol. The van der Waals surface area contributed by atoms with Crippen LogP contribution in [0.15, 0.2) is 29.6 Å². The molecule has 25 heavy (non-hydrogen) atoms. The van der Waals surface area contributed by atoms with E-state index in [0.29, 0.717) is 12.2 Å². The molecule has 3 rings (SSSR count). The van der Waals surface area contributed by atoms with Crippen molar-refractivity contribution < 1.29 is 9.53 Å². The van der Waals surface area contributed by atoms with Crippen LogP contribution in [0.3, 0.4) is 0 Å². The molecule has 0 saturated carbocycles. The second-order valence-electron chi connectivity index (χ2n) is 6.53. The molecule has 0 aliphatic carbocycles. The number of nitrogens with one attached hydrogen (secondary N) is 1. The first-order valence-corrected chi connectivity index (χ1v) is 9.98. The molecule has 1 aliphatic rings. The van der Waals surface area contributed by atoms with Gasteiger partial charge in [0.15, 0.2) is 10.9 Å². The molecule has 2 aromatic heterocycles. The molecule has 3 heterocycles. The molecule has 0 bridgehead atoms. The number of thioether (sulfide) groups is 1. The third-order valence-electron chi connectivity index (χ3n) is 4.35. The van der Waals surface area contributed by atoms with Gasteiger partial charge in [0.05, 0.1) is 17.7 Å². The van der Waals surface area contributed by atoms with Crippen LogP contribution in [0.1, 0.15) is 30.8 Å². The topological polar surface area (TPSA) is 58.9 Å². The highest BCUT2D eigenvalue weighted by molar-refractivity contribution is 7.98. The maximum absolute atomic E-state index is 12.5. The van der Waals surface area contributed by atoms with Gasteiger partial charge in [-0.2, -0.15) is 0 Å². The lowest BCUT2D eigenvalue weighted by Gasteiger charge is -2.35. The maximum atomic E-state index is 12.5. The minimum Gasteiger partial charge on any atom is -0.373 e. The number of pyridine rings is 1. The molecular formula is C18H26N4O2S. The molecular weight excluding hydrogens is 336 g/mol. The second-order valence-corrected chi connectivity index (χ2v) is 7.30. The molecule has 2 unspecified atom stereocenters. The van der Waals surface area contributed by atoms with Crippen molar-refractivity contribution in [2.24, 2.45) is 0 Å². The Hall–Kier alpha value is -1.57. The fourth-order valence-electron chi connectivity index (χ4n) is 3.38. The molecule has 1 saturated heterocycles. The van der Waals surface area contributed by atoms with Crippen LogP contribution < -0.4 is 5.32 Å². The molecule has 2 aromatic rings. The number of carbonyl (C=O) groups excluding carboxylic acids is 1. The van der Waals surface area contributed by atoms with Crippen molar-refractivity contribution in [1.82, 2.24) is 19.6 Å². The first-order valence-electron chi connectivity index (χ1n) is 8.75. The number of amides is 1. The number of imidazole rings is 1. The Labute approximate surface area is 152 Å². The van der Waals surface area contributed by atoms with E-state index in [1.807, 2.05) is 35.1 Å². The largest absolute Gasteiger partial charge is 0.373 e. The molecule has 6 nitrogen and oxygen atoms in total.